The molecule has 1 heterocycles. The molecule has 0 saturated carbocycles. The molecule has 11 heteroatoms. The van der Waals surface area contributed by atoms with Crippen molar-refractivity contribution in [3.63, 3.8) is 0 Å². The number of allylic oxidation sites excluding steroid dienone is 5. The van der Waals surface area contributed by atoms with Gasteiger partial charge < -0.3 is 14.8 Å². The van der Waals surface area contributed by atoms with Crippen LogP contribution in [0.4, 0.5) is 14.5 Å². The monoisotopic (exact) mass is 573 g/mol. The maximum Gasteiger partial charge on any atom is 0.341 e. The third-order valence-electron chi connectivity index (χ3n) is 5.43. The average Bonchev–Trinajstić information content (AvgIpc) is 2.86. The molecule has 1 aromatic heterocycles. The second-order valence-electron chi connectivity index (χ2n) is 9.52. The molecule has 0 aliphatic carbocycles. The van der Waals surface area contributed by atoms with E-state index in [0.29, 0.717) is 23.3 Å². The van der Waals surface area contributed by atoms with Gasteiger partial charge in [-0.15, -0.1) is 0 Å². The molecule has 0 radical (unpaired) electrons. The van der Waals surface area contributed by atoms with Crippen LogP contribution >= 0.6 is 11.6 Å². The van der Waals surface area contributed by atoms with Gasteiger partial charge in [0.2, 0.25) is 5.91 Å². The second kappa shape index (κ2) is 13.7. The molecule has 8 nitrogen and oxygen atoms in total. The van der Waals surface area contributed by atoms with Crippen molar-refractivity contribution >= 4 is 34.7 Å². The fourth-order valence-electron chi connectivity index (χ4n) is 3.68. The Morgan fingerprint density at radius 3 is 2.45 bits per heavy atom. The summed E-state index contributed by atoms with van der Waals surface area (Å²) in [5.74, 6) is -3.86. The van der Waals surface area contributed by atoms with Crippen LogP contribution < -0.4 is 15.6 Å². The third kappa shape index (κ3) is 8.13. The Labute approximate surface area is 236 Å². The van der Waals surface area contributed by atoms with Crippen LogP contribution in [0, 0.1) is 23.0 Å². The summed E-state index contributed by atoms with van der Waals surface area (Å²) in [6, 6.07) is 3.37. The molecule has 0 spiro atoms. The molecule has 1 atom stereocenters. The zero-order valence-corrected chi connectivity index (χ0v) is 23.6. The van der Waals surface area contributed by atoms with Gasteiger partial charge >= 0.3 is 5.97 Å². The minimum absolute atomic E-state index is 0.0944. The van der Waals surface area contributed by atoms with Crippen molar-refractivity contribution in [3.05, 3.63) is 87.4 Å². The van der Waals surface area contributed by atoms with Crippen molar-refractivity contribution in [1.82, 2.24) is 4.57 Å². The maximum atomic E-state index is 14.8. The van der Waals surface area contributed by atoms with Gasteiger partial charge in [0.05, 0.1) is 37.0 Å². The van der Waals surface area contributed by atoms with Crippen molar-refractivity contribution in [3.8, 4) is 11.8 Å². The van der Waals surface area contributed by atoms with Gasteiger partial charge in [0, 0.05) is 22.7 Å². The molecular weight excluding hydrogens is 544 g/mol. The quantitative estimate of drug-likeness (QED) is 0.264. The van der Waals surface area contributed by atoms with E-state index >= 15 is 0 Å². The smallest absolute Gasteiger partial charge is 0.341 e. The Bertz CT molecular complexity index is 1470. The van der Waals surface area contributed by atoms with Crippen LogP contribution in [0.15, 0.2) is 59.0 Å². The summed E-state index contributed by atoms with van der Waals surface area (Å²) in [4.78, 5) is 38.4. The fraction of sp³-hybridized carbons (Fsp3) is 0.310. The number of halogens is 3. The lowest BCUT2D eigenvalue weighted by molar-refractivity contribution is -0.119. The molecule has 0 aliphatic heterocycles. The minimum atomic E-state index is -1.14. The summed E-state index contributed by atoms with van der Waals surface area (Å²) in [7, 11) is 1.35. The van der Waals surface area contributed by atoms with E-state index in [-0.39, 0.29) is 23.6 Å². The van der Waals surface area contributed by atoms with Crippen molar-refractivity contribution in [2.75, 3.05) is 12.4 Å². The topological polar surface area (TPSA) is 110 Å². The summed E-state index contributed by atoms with van der Waals surface area (Å²) in [6.45, 7) is 9.93. The van der Waals surface area contributed by atoms with Crippen LogP contribution in [0.25, 0.3) is 5.57 Å². The molecular formula is C29H30ClF2N3O5. The Balaban J connectivity index is 2.47. The lowest BCUT2D eigenvalue weighted by Gasteiger charge is -2.21. The molecule has 0 aliphatic rings. The zero-order valence-electron chi connectivity index (χ0n) is 22.8. The number of nitrogens with zero attached hydrogens (tertiary/aromatic N) is 2. The van der Waals surface area contributed by atoms with Gasteiger partial charge in [-0.3, -0.25) is 14.2 Å². The van der Waals surface area contributed by atoms with Gasteiger partial charge in [-0.1, -0.05) is 31.2 Å². The highest BCUT2D eigenvalue weighted by Crippen LogP contribution is 2.30. The molecule has 2 aromatic rings. The number of carbonyl (C=O) groups is 2. The number of amides is 1. The number of benzene rings is 1. The SMILES string of the molecule is C=C/C=C(Cl)\C=C(/CC#N)c1cc(=O)n(C(CC)C(=O)Nc2cc(F)c(C(=O)OC(C)(C)C)cc2F)cc1OC. The largest absolute Gasteiger partial charge is 0.495 e. The van der Waals surface area contributed by atoms with Crippen LogP contribution in [-0.2, 0) is 9.53 Å². The number of hydrogen-bond donors (Lipinski definition) is 1. The molecule has 0 bridgehead atoms. The molecule has 40 heavy (non-hydrogen) atoms. The number of rotatable bonds is 10. The van der Waals surface area contributed by atoms with Gasteiger partial charge in [0.1, 0.15) is 29.0 Å². The lowest BCUT2D eigenvalue weighted by Crippen LogP contribution is -2.33. The van der Waals surface area contributed by atoms with E-state index < -0.39 is 52.0 Å². The molecule has 212 valence electrons. The van der Waals surface area contributed by atoms with Gasteiger partial charge in [-0.2, -0.15) is 5.26 Å². The highest BCUT2D eigenvalue weighted by molar-refractivity contribution is 6.31. The number of methoxy groups -OCH3 is 1. The first kappa shape index (κ1) is 32.0. The van der Waals surface area contributed by atoms with Gasteiger partial charge in [-0.05, 0) is 51.0 Å². The minimum Gasteiger partial charge on any atom is -0.495 e. The van der Waals surface area contributed by atoms with Gasteiger partial charge in [0.25, 0.3) is 5.56 Å². The Morgan fingerprint density at radius 1 is 1.23 bits per heavy atom. The predicted molar refractivity (Wildman–Crippen MR) is 149 cm³/mol. The summed E-state index contributed by atoms with van der Waals surface area (Å²) in [6.07, 6.45) is 5.76. The van der Waals surface area contributed by atoms with Crippen LogP contribution in [-0.4, -0.2) is 29.2 Å². The van der Waals surface area contributed by atoms with E-state index in [9.17, 15) is 28.4 Å². The molecule has 0 saturated heterocycles. The molecule has 1 unspecified atom stereocenters. The number of anilines is 1. The number of aromatic nitrogens is 1. The molecule has 2 rings (SSSR count). The fourth-order valence-corrected chi connectivity index (χ4v) is 3.90. The highest BCUT2D eigenvalue weighted by atomic mass is 35.5. The summed E-state index contributed by atoms with van der Waals surface area (Å²) >= 11 is 6.14. The number of esters is 1. The van der Waals surface area contributed by atoms with Crippen LogP contribution in [0.3, 0.4) is 0 Å². The number of nitriles is 1. The van der Waals surface area contributed by atoms with E-state index in [0.717, 1.165) is 4.57 Å². The molecule has 1 aromatic carbocycles. The van der Waals surface area contributed by atoms with Crippen LogP contribution in [0.2, 0.25) is 0 Å². The summed E-state index contributed by atoms with van der Waals surface area (Å²) in [5.41, 5.74) is -2.00. The standard InChI is InChI=1S/C29H30ClF2N3O5/c1-7-9-18(30)12-17(10-11-33)19-14-26(36)35(16-25(19)39-6)24(8-2)27(37)34-23-15-21(31)20(13-22(23)32)28(38)40-29(3,4)5/h7,9,12-16,24H,1,8,10H2,2-6H3,(H,34,37)/b17-12+,18-9+. The zero-order chi connectivity index (χ0) is 30.2. The number of ether oxygens (including phenoxy) is 2. The molecule has 1 N–H and O–H groups in total. The highest BCUT2D eigenvalue weighted by Gasteiger charge is 2.26. The number of nitrogens with one attached hydrogen (secondary N) is 1. The van der Waals surface area contributed by atoms with Gasteiger partial charge in [0.15, 0.2) is 0 Å². The van der Waals surface area contributed by atoms with Crippen molar-refractivity contribution < 1.29 is 27.8 Å². The van der Waals surface area contributed by atoms with E-state index in [1.807, 2.05) is 6.07 Å². The van der Waals surface area contributed by atoms with E-state index in [1.165, 1.54) is 37.6 Å². The Hall–Kier alpha value is -4.23. The number of pyridine rings is 1. The third-order valence-corrected chi connectivity index (χ3v) is 5.66. The lowest BCUT2D eigenvalue weighted by atomic mass is 10.0. The van der Waals surface area contributed by atoms with Crippen molar-refractivity contribution in [1.29, 1.82) is 5.26 Å². The number of hydrogen-bond acceptors (Lipinski definition) is 6. The van der Waals surface area contributed by atoms with Crippen molar-refractivity contribution in [2.24, 2.45) is 0 Å². The Morgan fingerprint density at radius 2 is 1.90 bits per heavy atom. The maximum absolute atomic E-state index is 14.8. The second-order valence-corrected chi connectivity index (χ2v) is 9.96. The summed E-state index contributed by atoms with van der Waals surface area (Å²) in [5, 5.41) is 11.8. The van der Waals surface area contributed by atoms with E-state index in [4.69, 9.17) is 21.1 Å². The Kier molecular flexibility index (Phi) is 11.0. The van der Waals surface area contributed by atoms with Crippen LogP contribution in [0.1, 0.15) is 62.5 Å². The normalized spacial score (nSPS) is 12.8. The predicted octanol–water partition coefficient (Wildman–Crippen LogP) is 6.29. The van der Waals surface area contributed by atoms with E-state index in [2.05, 4.69) is 11.9 Å². The van der Waals surface area contributed by atoms with Crippen LogP contribution in [0.5, 0.6) is 5.75 Å². The van der Waals surface area contributed by atoms with Gasteiger partial charge in [-0.25, -0.2) is 13.6 Å². The van der Waals surface area contributed by atoms with E-state index in [1.54, 1.807) is 27.7 Å². The first-order chi connectivity index (χ1) is 18.8. The first-order valence-corrected chi connectivity index (χ1v) is 12.5. The first-order valence-electron chi connectivity index (χ1n) is 12.2. The molecule has 0 fully saturated rings. The number of carbonyl (C=O) groups excluding carboxylic acids is 2. The molecule has 1 amide bonds. The summed E-state index contributed by atoms with van der Waals surface area (Å²) < 4.78 is 41.1. The van der Waals surface area contributed by atoms with Crippen molar-refractivity contribution in [2.45, 2.75) is 52.2 Å². The average molecular weight is 574 g/mol.